The lowest BCUT2D eigenvalue weighted by Gasteiger charge is -2.21. The summed E-state index contributed by atoms with van der Waals surface area (Å²) < 4.78 is 6.09. The van der Waals surface area contributed by atoms with Crippen LogP contribution in [0, 0.1) is 0 Å². The van der Waals surface area contributed by atoms with Crippen LogP contribution >= 0.6 is 28.6 Å². The van der Waals surface area contributed by atoms with Gasteiger partial charge in [0, 0.05) is 4.47 Å². The third-order valence-electron chi connectivity index (χ3n) is 2.63. The summed E-state index contributed by atoms with van der Waals surface area (Å²) in [5.41, 5.74) is 1.59. The second kappa shape index (κ2) is 5.42. The molecule has 0 aliphatic heterocycles. The van der Waals surface area contributed by atoms with Gasteiger partial charge in [-0.2, -0.15) is 0 Å². The van der Waals surface area contributed by atoms with Crippen LogP contribution in [0.15, 0.2) is 22.7 Å². The topological polar surface area (TPSA) is 67.0 Å². The second-order valence-electron chi connectivity index (χ2n) is 4.29. The Morgan fingerprint density at radius 2 is 2.37 bits per heavy atom. The molecule has 1 unspecified atom stereocenters. The number of aromatic amines is 1. The molecule has 0 saturated heterocycles. The molecular formula is C12H14BrN3O2S. The van der Waals surface area contributed by atoms with Gasteiger partial charge < -0.3 is 9.72 Å². The number of hydrogen-bond acceptors (Lipinski definition) is 4. The Kier molecular flexibility index (Phi) is 4.05. The van der Waals surface area contributed by atoms with Crippen LogP contribution in [0.5, 0.6) is 0 Å². The molecule has 0 aliphatic carbocycles. The predicted octanol–water partition coefficient (Wildman–Crippen LogP) is 3.93. The number of thiol groups is 1. The molecule has 19 heavy (non-hydrogen) atoms. The van der Waals surface area contributed by atoms with E-state index < -0.39 is 11.0 Å². The SMILES string of the molecule is CCC(C)(S)OC(=O)Nc1nc2ccc(Br)cc2[nH]1. The molecule has 7 heteroatoms. The van der Waals surface area contributed by atoms with Crippen LogP contribution in [0.3, 0.4) is 0 Å². The van der Waals surface area contributed by atoms with E-state index in [1.54, 1.807) is 6.92 Å². The van der Waals surface area contributed by atoms with Gasteiger partial charge in [-0.05, 0) is 31.5 Å². The number of halogens is 1. The number of amides is 1. The third kappa shape index (κ3) is 3.63. The van der Waals surface area contributed by atoms with Gasteiger partial charge in [0.25, 0.3) is 0 Å². The minimum atomic E-state index is -0.793. The van der Waals surface area contributed by atoms with Crippen molar-refractivity contribution in [2.24, 2.45) is 0 Å². The molecule has 0 bridgehead atoms. The Balaban J connectivity index is 2.11. The van der Waals surface area contributed by atoms with Gasteiger partial charge in [0.15, 0.2) is 4.93 Å². The van der Waals surface area contributed by atoms with Crippen LogP contribution in [-0.4, -0.2) is 21.0 Å². The van der Waals surface area contributed by atoms with Crippen LogP contribution in [0.4, 0.5) is 10.7 Å². The van der Waals surface area contributed by atoms with Gasteiger partial charge in [-0.15, -0.1) is 12.6 Å². The molecule has 0 fully saturated rings. The van der Waals surface area contributed by atoms with Crippen LogP contribution in [-0.2, 0) is 4.74 Å². The van der Waals surface area contributed by atoms with Gasteiger partial charge in [-0.1, -0.05) is 22.9 Å². The maximum Gasteiger partial charge on any atom is 0.415 e. The molecule has 0 spiro atoms. The quantitative estimate of drug-likeness (QED) is 0.584. The first kappa shape index (κ1) is 14.2. The standard InChI is InChI=1S/C12H14BrN3O2S/c1-3-12(2,19)18-11(17)16-10-14-8-5-4-7(13)6-9(8)15-10/h4-6,19H,3H2,1-2H3,(H2,14,15,16,17). The van der Waals surface area contributed by atoms with Crippen molar-refractivity contribution in [1.82, 2.24) is 9.97 Å². The van der Waals surface area contributed by atoms with Crippen molar-refractivity contribution in [2.45, 2.75) is 25.2 Å². The Labute approximate surface area is 124 Å². The highest BCUT2D eigenvalue weighted by Crippen LogP contribution is 2.22. The van der Waals surface area contributed by atoms with Crippen molar-refractivity contribution in [3.05, 3.63) is 22.7 Å². The first-order chi connectivity index (χ1) is 8.89. The van der Waals surface area contributed by atoms with Crippen molar-refractivity contribution in [3.8, 4) is 0 Å². The zero-order valence-electron chi connectivity index (χ0n) is 10.5. The maximum absolute atomic E-state index is 11.7. The highest BCUT2D eigenvalue weighted by Gasteiger charge is 2.22. The van der Waals surface area contributed by atoms with Gasteiger partial charge in [0.2, 0.25) is 5.95 Å². The van der Waals surface area contributed by atoms with Gasteiger partial charge in [-0.25, -0.2) is 9.78 Å². The third-order valence-corrected chi connectivity index (χ3v) is 3.53. The molecule has 1 heterocycles. The molecule has 0 aliphatic rings. The number of benzene rings is 1. The zero-order chi connectivity index (χ0) is 14.0. The highest BCUT2D eigenvalue weighted by molar-refractivity contribution is 9.10. The number of rotatable bonds is 3. The summed E-state index contributed by atoms with van der Waals surface area (Å²) in [5, 5.41) is 2.55. The molecule has 1 aromatic carbocycles. The van der Waals surface area contributed by atoms with E-state index in [-0.39, 0.29) is 0 Å². The van der Waals surface area contributed by atoms with E-state index in [0.29, 0.717) is 12.4 Å². The smallest absolute Gasteiger partial charge is 0.415 e. The van der Waals surface area contributed by atoms with E-state index in [1.807, 2.05) is 25.1 Å². The fourth-order valence-electron chi connectivity index (χ4n) is 1.44. The van der Waals surface area contributed by atoms with Crippen molar-refractivity contribution < 1.29 is 9.53 Å². The highest BCUT2D eigenvalue weighted by atomic mass is 79.9. The average Bonchev–Trinajstić information content (AvgIpc) is 2.69. The van der Waals surface area contributed by atoms with E-state index in [1.165, 1.54) is 0 Å². The number of carbonyl (C=O) groups excluding carboxylic acids is 1. The second-order valence-corrected chi connectivity index (χ2v) is 6.15. The lowest BCUT2D eigenvalue weighted by atomic mass is 10.3. The van der Waals surface area contributed by atoms with Gasteiger partial charge in [0.1, 0.15) is 0 Å². The number of nitrogens with one attached hydrogen (secondary N) is 2. The summed E-state index contributed by atoms with van der Waals surface area (Å²) in [4.78, 5) is 18.1. The molecule has 1 aromatic heterocycles. The van der Waals surface area contributed by atoms with E-state index in [9.17, 15) is 4.79 Å². The number of nitrogens with zero attached hydrogens (tertiary/aromatic N) is 1. The van der Waals surface area contributed by atoms with Crippen molar-refractivity contribution >= 4 is 51.6 Å². The van der Waals surface area contributed by atoms with Gasteiger partial charge in [0.05, 0.1) is 11.0 Å². The summed E-state index contributed by atoms with van der Waals surface area (Å²) >= 11 is 7.61. The Morgan fingerprint density at radius 3 is 3.05 bits per heavy atom. The number of fused-ring (bicyclic) bond motifs is 1. The van der Waals surface area contributed by atoms with E-state index in [4.69, 9.17) is 4.74 Å². The molecule has 102 valence electrons. The number of imidazole rings is 1. The Bertz CT molecular complexity index is 612. The zero-order valence-corrected chi connectivity index (χ0v) is 13.0. The van der Waals surface area contributed by atoms with E-state index in [0.717, 1.165) is 15.5 Å². The fraction of sp³-hybridized carbons (Fsp3) is 0.333. The monoisotopic (exact) mass is 343 g/mol. The minimum absolute atomic E-state index is 0.346. The summed E-state index contributed by atoms with van der Waals surface area (Å²) in [6.45, 7) is 3.62. The van der Waals surface area contributed by atoms with Crippen LogP contribution in [0.25, 0.3) is 11.0 Å². The minimum Gasteiger partial charge on any atom is -0.432 e. The number of ether oxygens (including phenoxy) is 1. The normalized spacial score (nSPS) is 14.1. The summed E-state index contributed by atoms with van der Waals surface area (Å²) in [6.07, 6.45) is 0.0221. The summed E-state index contributed by atoms with van der Waals surface area (Å²) in [5.74, 6) is 0.346. The van der Waals surface area contributed by atoms with E-state index >= 15 is 0 Å². The number of hydrogen-bond donors (Lipinski definition) is 3. The van der Waals surface area contributed by atoms with Gasteiger partial charge in [-0.3, -0.25) is 5.32 Å². The predicted molar refractivity (Wildman–Crippen MR) is 81.6 cm³/mol. The molecule has 2 rings (SSSR count). The van der Waals surface area contributed by atoms with Crippen LogP contribution in [0.1, 0.15) is 20.3 Å². The number of anilines is 1. The first-order valence-electron chi connectivity index (χ1n) is 5.77. The molecule has 0 saturated carbocycles. The van der Waals surface area contributed by atoms with Crippen LogP contribution < -0.4 is 5.32 Å². The number of carbonyl (C=O) groups is 1. The van der Waals surface area contributed by atoms with Crippen molar-refractivity contribution in [1.29, 1.82) is 0 Å². The summed E-state index contributed by atoms with van der Waals surface area (Å²) in [7, 11) is 0. The molecule has 1 amide bonds. The lowest BCUT2D eigenvalue weighted by Crippen LogP contribution is -2.27. The number of H-pyrrole nitrogens is 1. The molecule has 2 N–H and O–H groups in total. The van der Waals surface area contributed by atoms with Gasteiger partial charge >= 0.3 is 6.09 Å². The van der Waals surface area contributed by atoms with E-state index in [2.05, 4.69) is 43.8 Å². The molecular weight excluding hydrogens is 330 g/mol. The Hall–Kier alpha value is -1.21. The van der Waals surface area contributed by atoms with Crippen molar-refractivity contribution in [3.63, 3.8) is 0 Å². The molecule has 5 nitrogen and oxygen atoms in total. The number of aromatic nitrogens is 2. The average molecular weight is 344 g/mol. The van der Waals surface area contributed by atoms with Crippen molar-refractivity contribution in [2.75, 3.05) is 5.32 Å². The van der Waals surface area contributed by atoms with Crippen LogP contribution in [0.2, 0.25) is 0 Å². The first-order valence-corrected chi connectivity index (χ1v) is 7.01. The largest absolute Gasteiger partial charge is 0.432 e. The summed E-state index contributed by atoms with van der Waals surface area (Å²) in [6, 6.07) is 5.61. The molecule has 1 atom stereocenters. The molecule has 2 aromatic rings. The maximum atomic E-state index is 11.7. The fourth-order valence-corrected chi connectivity index (χ4v) is 1.88. The Morgan fingerprint density at radius 1 is 1.63 bits per heavy atom. The lowest BCUT2D eigenvalue weighted by molar-refractivity contribution is 0.0986. The molecule has 0 radical (unpaired) electrons.